The highest BCUT2D eigenvalue weighted by Gasteiger charge is 2.10. The number of carbonyl (C=O) groups is 1. The molecule has 0 aliphatic heterocycles. The standard InChI is InChI=1S/C19H16BrClN2O2S/c1-12-2-5-14(6-3-12)22-18(24)9-19-23-15(11-26-19)10-25-17-7-4-13(21)8-16(17)20/h2-8,11H,9-10H2,1H3,(H,22,24). The fourth-order valence-corrected chi connectivity index (χ4v) is 3.79. The van der Waals surface area contributed by atoms with Gasteiger partial charge in [0.25, 0.3) is 0 Å². The van der Waals surface area contributed by atoms with E-state index < -0.39 is 0 Å². The van der Waals surface area contributed by atoms with Gasteiger partial charge in [0.15, 0.2) is 0 Å². The van der Waals surface area contributed by atoms with E-state index in [-0.39, 0.29) is 12.3 Å². The minimum absolute atomic E-state index is 0.0869. The Kier molecular flexibility index (Phi) is 6.29. The lowest BCUT2D eigenvalue weighted by Crippen LogP contribution is -2.14. The number of rotatable bonds is 6. The highest BCUT2D eigenvalue weighted by Crippen LogP contribution is 2.28. The third-order valence-electron chi connectivity index (χ3n) is 3.52. The molecule has 3 rings (SSSR count). The third-order valence-corrected chi connectivity index (χ3v) is 5.27. The molecule has 7 heteroatoms. The van der Waals surface area contributed by atoms with E-state index >= 15 is 0 Å². The van der Waals surface area contributed by atoms with Crippen molar-refractivity contribution < 1.29 is 9.53 Å². The fraction of sp³-hybridized carbons (Fsp3) is 0.158. The normalized spacial score (nSPS) is 10.6. The van der Waals surface area contributed by atoms with Crippen LogP contribution in [-0.4, -0.2) is 10.9 Å². The largest absolute Gasteiger partial charge is 0.486 e. The summed E-state index contributed by atoms with van der Waals surface area (Å²) in [5, 5.41) is 6.17. The summed E-state index contributed by atoms with van der Waals surface area (Å²) in [6.07, 6.45) is 0.239. The number of benzene rings is 2. The van der Waals surface area contributed by atoms with Crippen LogP contribution in [0.25, 0.3) is 0 Å². The second-order valence-corrected chi connectivity index (χ2v) is 7.92. The Balaban J connectivity index is 1.54. The molecule has 0 aliphatic carbocycles. The van der Waals surface area contributed by atoms with E-state index in [1.807, 2.05) is 36.6 Å². The molecule has 0 saturated carbocycles. The van der Waals surface area contributed by atoms with Gasteiger partial charge in [-0.05, 0) is 53.2 Å². The Morgan fingerprint density at radius 2 is 2.04 bits per heavy atom. The molecule has 0 unspecified atom stereocenters. The maximum absolute atomic E-state index is 12.1. The van der Waals surface area contributed by atoms with Gasteiger partial charge in [-0.25, -0.2) is 4.98 Å². The second kappa shape index (κ2) is 8.66. The first kappa shape index (κ1) is 18.9. The maximum atomic E-state index is 12.1. The smallest absolute Gasteiger partial charge is 0.231 e. The third kappa shape index (κ3) is 5.30. The molecule has 3 aromatic rings. The van der Waals surface area contributed by atoms with Gasteiger partial charge < -0.3 is 10.1 Å². The molecule has 26 heavy (non-hydrogen) atoms. The topological polar surface area (TPSA) is 51.2 Å². The van der Waals surface area contributed by atoms with Crippen LogP contribution in [0.4, 0.5) is 5.69 Å². The number of anilines is 1. The number of aromatic nitrogens is 1. The first-order valence-electron chi connectivity index (χ1n) is 7.87. The predicted octanol–water partition coefficient (Wildman–Crippen LogP) is 5.63. The molecule has 2 aromatic carbocycles. The zero-order valence-corrected chi connectivity index (χ0v) is 17.1. The van der Waals surface area contributed by atoms with Gasteiger partial charge in [-0.2, -0.15) is 0 Å². The summed E-state index contributed by atoms with van der Waals surface area (Å²) in [5.74, 6) is 0.609. The number of nitrogens with one attached hydrogen (secondary N) is 1. The van der Waals surface area contributed by atoms with E-state index in [9.17, 15) is 4.79 Å². The average Bonchev–Trinajstić information content (AvgIpc) is 3.03. The first-order valence-corrected chi connectivity index (χ1v) is 9.92. The van der Waals surface area contributed by atoms with Crippen molar-refractivity contribution in [1.82, 2.24) is 4.98 Å². The van der Waals surface area contributed by atoms with Gasteiger partial charge >= 0.3 is 0 Å². The molecule has 0 atom stereocenters. The zero-order chi connectivity index (χ0) is 18.5. The van der Waals surface area contributed by atoms with E-state index in [2.05, 4.69) is 26.2 Å². The molecule has 0 spiro atoms. The number of hydrogen-bond acceptors (Lipinski definition) is 4. The molecular weight excluding hydrogens is 436 g/mol. The number of thiazole rings is 1. The molecule has 0 bridgehead atoms. The van der Waals surface area contributed by atoms with E-state index in [0.717, 1.165) is 26.4 Å². The van der Waals surface area contributed by atoms with E-state index in [0.29, 0.717) is 17.4 Å². The van der Waals surface area contributed by atoms with Crippen LogP contribution >= 0.6 is 38.9 Å². The summed E-state index contributed by atoms with van der Waals surface area (Å²) >= 11 is 10.8. The lowest BCUT2D eigenvalue weighted by molar-refractivity contribution is -0.115. The van der Waals surface area contributed by atoms with Gasteiger partial charge in [0.05, 0.1) is 16.6 Å². The van der Waals surface area contributed by atoms with Crippen molar-refractivity contribution in [2.24, 2.45) is 0 Å². The predicted molar refractivity (Wildman–Crippen MR) is 109 cm³/mol. The molecule has 0 aliphatic rings. The monoisotopic (exact) mass is 450 g/mol. The molecule has 134 valence electrons. The Bertz CT molecular complexity index is 912. The van der Waals surface area contributed by atoms with Crippen LogP contribution in [0.15, 0.2) is 52.3 Å². The molecule has 0 saturated heterocycles. The van der Waals surface area contributed by atoms with Crippen LogP contribution in [0, 0.1) is 6.92 Å². The van der Waals surface area contributed by atoms with Crippen molar-refractivity contribution in [3.8, 4) is 5.75 Å². The fourth-order valence-electron chi connectivity index (χ4n) is 2.22. The molecule has 1 amide bonds. The van der Waals surface area contributed by atoms with Crippen molar-refractivity contribution in [3.05, 3.63) is 73.6 Å². The summed E-state index contributed by atoms with van der Waals surface area (Å²) in [6, 6.07) is 13.0. The summed E-state index contributed by atoms with van der Waals surface area (Å²) in [6.45, 7) is 2.34. The molecule has 1 aromatic heterocycles. The van der Waals surface area contributed by atoms with Crippen LogP contribution in [-0.2, 0) is 17.8 Å². The summed E-state index contributed by atoms with van der Waals surface area (Å²) in [4.78, 5) is 16.6. The van der Waals surface area contributed by atoms with Crippen molar-refractivity contribution in [2.45, 2.75) is 20.0 Å². The number of ether oxygens (including phenoxy) is 1. The molecule has 0 radical (unpaired) electrons. The summed E-state index contributed by atoms with van der Waals surface area (Å²) in [7, 11) is 0. The molecule has 1 heterocycles. The highest BCUT2D eigenvalue weighted by molar-refractivity contribution is 9.10. The van der Waals surface area contributed by atoms with E-state index in [1.165, 1.54) is 11.3 Å². The number of carbonyl (C=O) groups excluding carboxylic acids is 1. The number of hydrogen-bond donors (Lipinski definition) is 1. The van der Waals surface area contributed by atoms with Crippen LogP contribution < -0.4 is 10.1 Å². The molecule has 4 nitrogen and oxygen atoms in total. The van der Waals surface area contributed by atoms with Crippen molar-refractivity contribution in [1.29, 1.82) is 0 Å². The Hall–Kier alpha value is -1.89. The lowest BCUT2D eigenvalue weighted by atomic mass is 10.2. The van der Waals surface area contributed by atoms with Gasteiger partial charge in [0.2, 0.25) is 5.91 Å². The lowest BCUT2D eigenvalue weighted by Gasteiger charge is -2.06. The second-order valence-electron chi connectivity index (χ2n) is 5.69. The Morgan fingerprint density at radius 1 is 1.27 bits per heavy atom. The Morgan fingerprint density at radius 3 is 2.77 bits per heavy atom. The molecule has 0 fully saturated rings. The quantitative estimate of drug-likeness (QED) is 0.528. The summed E-state index contributed by atoms with van der Waals surface area (Å²) in [5.41, 5.74) is 2.73. The first-order chi connectivity index (χ1) is 12.5. The summed E-state index contributed by atoms with van der Waals surface area (Å²) < 4.78 is 6.53. The average molecular weight is 452 g/mol. The van der Waals surface area contributed by atoms with E-state index in [1.54, 1.807) is 18.2 Å². The highest BCUT2D eigenvalue weighted by atomic mass is 79.9. The SMILES string of the molecule is Cc1ccc(NC(=O)Cc2nc(COc3ccc(Cl)cc3Br)cs2)cc1. The number of nitrogens with zero attached hydrogens (tertiary/aromatic N) is 1. The van der Waals surface area contributed by atoms with Crippen LogP contribution in [0.1, 0.15) is 16.3 Å². The van der Waals surface area contributed by atoms with Gasteiger partial charge in [-0.3, -0.25) is 4.79 Å². The molecular formula is C19H16BrClN2O2S. The van der Waals surface area contributed by atoms with Gasteiger partial charge in [-0.1, -0.05) is 29.3 Å². The minimum atomic E-state index is -0.0869. The number of aryl methyl sites for hydroxylation is 1. The van der Waals surface area contributed by atoms with Gasteiger partial charge in [0, 0.05) is 16.1 Å². The van der Waals surface area contributed by atoms with Gasteiger partial charge in [-0.15, -0.1) is 11.3 Å². The van der Waals surface area contributed by atoms with Crippen molar-refractivity contribution >= 4 is 50.5 Å². The maximum Gasteiger partial charge on any atom is 0.231 e. The van der Waals surface area contributed by atoms with Crippen LogP contribution in [0.2, 0.25) is 5.02 Å². The van der Waals surface area contributed by atoms with Crippen molar-refractivity contribution in [3.63, 3.8) is 0 Å². The zero-order valence-electron chi connectivity index (χ0n) is 14.0. The van der Waals surface area contributed by atoms with Crippen LogP contribution in [0.3, 0.4) is 0 Å². The van der Waals surface area contributed by atoms with E-state index in [4.69, 9.17) is 16.3 Å². The van der Waals surface area contributed by atoms with Gasteiger partial charge in [0.1, 0.15) is 17.4 Å². The van der Waals surface area contributed by atoms with Crippen LogP contribution in [0.5, 0.6) is 5.75 Å². The number of amides is 1. The minimum Gasteiger partial charge on any atom is -0.486 e. The van der Waals surface area contributed by atoms with Crippen molar-refractivity contribution in [2.75, 3.05) is 5.32 Å². The Labute approximate surface area is 169 Å². The number of halogens is 2. The molecule has 1 N–H and O–H groups in total.